The van der Waals surface area contributed by atoms with Gasteiger partial charge in [-0.1, -0.05) is 11.6 Å². The molecule has 1 heterocycles. The lowest BCUT2D eigenvalue weighted by Gasteiger charge is -2.02. The molecule has 0 unspecified atom stereocenters. The molecule has 0 spiro atoms. The Balaban J connectivity index is 2.65. The van der Waals surface area contributed by atoms with E-state index in [1.807, 2.05) is 0 Å². The van der Waals surface area contributed by atoms with Crippen LogP contribution in [0.1, 0.15) is 6.42 Å². The van der Waals surface area contributed by atoms with Crippen LogP contribution in [0.2, 0.25) is 10.4 Å². The molecule has 0 saturated heterocycles. The highest BCUT2D eigenvalue weighted by atomic mass is 35.5. The Labute approximate surface area is 85.2 Å². The summed E-state index contributed by atoms with van der Waals surface area (Å²) in [6.07, 6.45) is 5.49. The van der Waals surface area contributed by atoms with Gasteiger partial charge in [0.1, 0.15) is 6.61 Å². The van der Waals surface area contributed by atoms with E-state index in [0.29, 0.717) is 13.0 Å². The molecule has 0 radical (unpaired) electrons. The van der Waals surface area contributed by atoms with Crippen LogP contribution in [-0.2, 0) is 0 Å². The first-order valence-electron chi connectivity index (χ1n) is 3.36. The zero-order valence-corrected chi connectivity index (χ0v) is 8.01. The highest BCUT2D eigenvalue weighted by Gasteiger charge is 2.06. The maximum Gasteiger partial charge on any atom is 0.256 e. The number of nitrogens with zero attached hydrogens (tertiary/aromatic N) is 3. The quantitative estimate of drug-likeness (QED) is 0.570. The Bertz CT molecular complexity index is 337. The molecule has 0 amide bonds. The normalized spacial score (nSPS) is 9.31. The van der Waals surface area contributed by atoms with Crippen LogP contribution in [0.25, 0.3) is 0 Å². The van der Waals surface area contributed by atoms with Crippen molar-refractivity contribution in [2.24, 2.45) is 0 Å². The third-order valence-corrected chi connectivity index (χ3v) is 1.47. The van der Waals surface area contributed by atoms with Gasteiger partial charge in [-0.2, -0.15) is 4.98 Å². The first-order chi connectivity index (χ1) is 6.24. The van der Waals surface area contributed by atoms with E-state index in [1.54, 1.807) is 0 Å². The van der Waals surface area contributed by atoms with Crippen molar-refractivity contribution in [1.82, 2.24) is 15.2 Å². The molecule has 0 bridgehead atoms. The Morgan fingerprint density at radius 3 is 2.85 bits per heavy atom. The third kappa shape index (κ3) is 3.05. The minimum Gasteiger partial charge on any atom is -0.474 e. The molecular formula is C7H5Cl2N3O. The molecule has 6 heteroatoms. The van der Waals surface area contributed by atoms with E-state index >= 15 is 0 Å². The van der Waals surface area contributed by atoms with Crippen LogP contribution in [0.5, 0.6) is 5.88 Å². The van der Waals surface area contributed by atoms with Crippen molar-refractivity contribution in [2.45, 2.75) is 6.42 Å². The van der Waals surface area contributed by atoms with Gasteiger partial charge in [0, 0.05) is 6.42 Å². The SMILES string of the molecule is C#CCCOc1nc(Cl)nnc1Cl. The summed E-state index contributed by atoms with van der Waals surface area (Å²) < 4.78 is 5.09. The number of halogens is 2. The van der Waals surface area contributed by atoms with Gasteiger partial charge in [0.2, 0.25) is 10.4 Å². The highest BCUT2D eigenvalue weighted by Crippen LogP contribution is 2.18. The summed E-state index contributed by atoms with van der Waals surface area (Å²) in [5.41, 5.74) is 0. The van der Waals surface area contributed by atoms with Crippen molar-refractivity contribution in [1.29, 1.82) is 0 Å². The molecular weight excluding hydrogens is 213 g/mol. The Morgan fingerprint density at radius 1 is 1.38 bits per heavy atom. The van der Waals surface area contributed by atoms with Crippen molar-refractivity contribution >= 4 is 23.2 Å². The smallest absolute Gasteiger partial charge is 0.256 e. The van der Waals surface area contributed by atoms with Gasteiger partial charge in [-0.15, -0.1) is 22.5 Å². The van der Waals surface area contributed by atoms with Gasteiger partial charge in [-0.05, 0) is 11.6 Å². The van der Waals surface area contributed by atoms with Crippen LogP contribution in [0.4, 0.5) is 0 Å². The molecule has 0 N–H and O–H groups in total. The lowest BCUT2D eigenvalue weighted by atomic mass is 10.5. The predicted octanol–water partition coefficient (Wildman–Crippen LogP) is 1.58. The van der Waals surface area contributed by atoms with E-state index in [2.05, 4.69) is 21.1 Å². The third-order valence-electron chi connectivity index (χ3n) is 1.08. The van der Waals surface area contributed by atoms with Crippen molar-refractivity contribution < 1.29 is 4.74 Å². The fourth-order valence-corrected chi connectivity index (χ4v) is 0.828. The summed E-state index contributed by atoms with van der Waals surface area (Å²) in [5, 5.41) is 6.98. The van der Waals surface area contributed by atoms with E-state index in [0.717, 1.165) is 0 Å². The number of rotatable bonds is 3. The summed E-state index contributed by atoms with van der Waals surface area (Å²) in [6, 6.07) is 0. The Morgan fingerprint density at radius 2 is 2.15 bits per heavy atom. The van der Waals surface area contributed by atoms with Crippen LogP contribution in [-0.4, -0.2) is 21.8 Å². The van der Waals surface area contributed by atoms with Gasteiger partial charge in [0.15, 0.2) is 0 Å². The molecule has 13 heavy (non-hydrogen) atoms. The largest absolute Gasteiger partial charge is 0.474 e. The average molecular weight is 218 g/mol. The summed E-state index contributed by atoms with van der Waals surface area (Å²) in [7, 11) is 0. The molecule has 1 rings (SSSR count). The summed E-state index contributed by atoms with van der Waals surface area (Å²) in [6.45, 7) is 0.325. The number of terminal acetylenes is 1. The molecule has 0 aliphatic rings. The maximum absolute atomic E-state index is 5.60. The van der Waals surface area contributed by atoms with E-state index in [1.165, 1.54) is 0 Å². The van der Waals surface area contributed by atoms with Crippen molar-refractivity contribution in [3.05, 3.63) is 10.4 Å². The van der Waals surface area contributed by atoms with E-state index < -0.39 is 0 Å². The molecule has 0 saturated carbocycles. The first-order valence-corrected chi connectivity index (χ1v) is 4.11. The number of ether oxygens (including phenoxy) is 1. The second kappa shape index (κ2) is 4.85. The molecule has 68 valence electrons. The summed E-state index contributed by atoms with van der Waals surface area (Å²) in [4.78, 5) is 3.71. The van der Waals surface area contributed by atoms with Crippen molar-refractivity contribution in [2.75, 3.05) is 6.61 Å². The van der Waals surface area contributed by atoms with Gasteiger partial charge in [0.05, 0.1) is 0 Å². The zero-order chi connectivity index (χ0) is 9.68. The number of hydrogen-bond donors (Lipinski definition) is 0. The minimum atomic E-state index is -0.0138. The van der Waals surface area contributed by atoms with Gasteiger partial charge in [-0.3, -0.25) is 0 Å². The van der Waals surface area contributed by atoms with Crippen LogP contribution in [0, 0.1) is 12.3 Å². The molecule has 0 aromatic carbocycles. The molecule has 0 aliphatic carbocycles. The molecule has 1 aromatic heterocycles. The lowest BCUT2D eigenvalue weighted by Crippen LogP contribution is -2.01. The lowest BCUT2D eigenvalue weighted by molar-refractivity contribution is 0.312. The Kier molecular flexibility index (Phi) is 3.74. The highest BCUT2D eigenvalue weighted by molar-refractivity contribution is 6.31. The minimum absolute atomic E-state index is 0.0138. The second-order valence-electron chi connectivity index (χ2n) is 1.98. The van der Waals surface area contributed by atoms with Gasteiger partial charge < -0.3 is 4.74 Å². The standard InChI is InChI=1S/C7H5Cl2N3O/c1-2-3-4-13-6-5(8)11-12-7(9)10-6/h1H,3-4H2. The molecule has 4 nitrogen and oxygen atoms in total. The van der Waals surface area contributed by atoms with Gasteiger partial charge >= 0.3 is 0 Å². The van der Waals surface area contributed by atoms with E-state index in [-0.39, 0.29) is 16.3 Å². The fraction of sp³-hybridized carbons (Fsp3) is 0.286. The molecule has 0 aliphatic heterocycles. The first kappa shape index (κ1) is 10.0. The predicted molar refractivity (Wildman–Crippen MR) is 48.8 cm³/mol. The van der Waals surface area contributed by atoms with Crippen molar-refractivity contribution in [3.8, 4) is 18.2 Å². The zero-order valence-electron chi connectivity index (χ0n) is 6.50. The monoisotopic (exact) mass is 217 g/mol. The van der Waals surface area contributed by atoms with Crippen LogP contribution in [0.3, 0.4) is 0 Å². The fourth-order valence-electron chi connectivity index (χ4n) is 0.579. The Hall–Kier alpha value is -1.05. The van der Waals surface area contributed by atoms with Gasteiger partial charge in [-0.25, -0.2) is 0 Å². The number of hydrogen-bond acceptors (Lipinski definition) is 4. The summed E-state index contributed by atoms with van der Waals surface area (Å²) in [5.74, 6) is 2.56. The topological polar surface area (TPSA) is 47.9 Å². The van der Waals surface area contributed by atoms with Gasteiger partial charge in [0.25, 0.3) is 5.88 Å². The molecule has 1 aromatic rings. The molecule has 0 atom stereocenters. The van der Waals surface area contributed by atoms with Crippen LogP contribution >= 0.6 is 23.2 Å². The van der Waals surface area contributed by atoms with Crippen LogP contribution < -0.4 is 4.74 Å². The number of aromatic nitrogens is 3. The maximum atomic E-state index is 5.60. The van der Waals surface area contributed by atoms with Crippen LogP contribution in [0.15, 0.2) is 0 Å². The molecule has 0 fully saturated rings. The summed E-state index contributed by atoms with van der Waals surface area (Å²) >= 11 is 11.1. The van der Waals surface area contributed by atoms with E-state index in [4.69, 9.17) is 34.4 Å². The van der Waals surface area contributed by atoms with Crippen molar-refractivity contribution in [3.63, 3.8) is 0 Å². The average Bonchev–Trinajstić information content (AvgIpc) is 2.11. The van der Waals surface area contributed by atoms with E-state index in [9.17, 15) is 0 Å². The second-order valence-corrected chi connectivity index (χ2v) is 2.68.